The van der Waals surface area contributed by atoms with E-state index in [1.165, 1.54) is 0 Å². The summed E-state index contributed by atoms with van der Waals surface area (Å²) in [6, 6.07) is 5.29. The molecule has 0 amide bonds. The molecule has 0 heterocycles. The number of allylic oxidation sites excluding steroid dienone is 4. The van der Waals surface area contributed by atoms with E-state index in [9.17, 15) is 9.90 Å². The standard InChI is InChI=1S/C15H15O2/c1-3-11-5-7-15(17)13(9-11)12-8-10(2)4-6-14(12)16/h4-9,16H,3H2,1-2H3. The highest BCUT2D eigenvalue weighted by molar-refractivity contribution is 6.27. The van der Waals surface area contributed by atoms with Crippen LogP contribution < -0.4 is 0 Å². The second-order valence-electron chi connectivity index (χ2n) is 4.20. The van der Waals surface area contributed by atoms with E-state index in [0.29, 0.717) is 11.1 Å². The predicted octanol–water partition coefficient (Wildman–Crippen LogP) is 3.21. The molecule has 0 saturated carbocycles. The van der Waals surface area contributed by atoms with Gasteiger partial charge in [-0.3, -0.25) is 4.79 Å². The van der Waals surface area contributed by atoms with Crippen molar-refractivity contribution in [2.24, 2.45) is 0 Å². The Morgan fingerprint density at radius 3 is 2.76 bits per heavy atom. The highest BCUT2D eigenvalue weighted by atomic mass is 16.3. The number of benzene rings is 1. The summed E-state index contributed by atoms with van der Waals surface area (Å²) in [5.74, 6) is 0.101. The molecule has 1 aliphatic carbocycles. The molecular formula is C15H15O2. The van der Waals surface area contributed by atoms with Crippen molar-refractivity contribution in [1.82, 2.24) is 0 Å². The number of ketones is 1. The number of carbonyl (C=O) groups excluding carboxylic acids is 1. The van der Waals surface area contributed by atoms with Crippen LogP contribution in [0.3, 0.4) is 0 Å². The number of aromatic hydroxyl groups is 1. The van der Waals surface area contributed by atoms with Gasteiger partial charge >= 0.3 is 0 Å². The lowest BCUT2D eigenvalue weighted by atomic mass is 9.90. The van der Waals surface area contributed by atoms with Crippen LogP contribution in [0.4, 0.5) is 0 Å². The predicted molar refractivity (Wildman–Crippen MR) is 68.5 cm³/mol. The van der Waals surface area contributed by atoms with Crippen molar-refractivity contribution in [3.63, 3.8) is 0 Å². The van der Waals surface area contributed by atoms with Crippen LogP contribution in [-0.2, 0) is 4.79 Å². The summed E-state index contributed by atoms with van der Waals surface area (Å²) in [7, 11) is 0. The molecule has 0 atom stereocenters. The van der Waals surface area contributed by atoms with Crippen molar-refractivity contribution in [3.8, 4) is 5.75 Å². The Hall–Kier alpha value is -1.83. The van der Waals surface area contributed by atoms with E-state index in [-0.39, 0.29) is 11.5 Å². The van der Waals surface area contributed by atoms with Crippen molar-refractivity contribution in [3.05, 3.63) is 53.5 Å². The number of aryl methyl sites for hydroxylation is 1. The summed E-state index contributed by atoms with van der Waals surface area (Å²) in [6.07, 6.45) is 6.13. The van der Waals surface area contributed by atoms with Gasteiger partial charge in [-0.25, -0.2) is 0 Å². The molecule has 1 aromatic rings. The Kier molecular flexibility index (Phi) is 3.14. The second kappa shape index (κ2) is 4.58. The minimum atomic E-state index is -0.0527. The molecule has 1 aliphatic rings. The van der Waals surface area contributed by atoms with E-state index in [2.05, 4.69) is 0 Å². The van der Waals surface area contributed by atoms with Crippen LogP contribution in [0.5, 0.6) is 5.75 Å². The average molecular weight is 227 g/mol. The number of phenols is 1. The van der Waals surface area contributed by atoms with Crippen LogP contribution in [0.25, 0.3) is 5.57 Å². The molecule has 0 fully saturated rings. The zero-order chi connectivity index (χ0) is 12.4. The van der Waals surface area contributed by atoms with Gasteiger partial charge in [0.05, 0.1) is 6.42 Å². The monoisotopic (exact) mass is 227 g/mol. The topological polar surface area (TPSA) is 37.3 Å². The largest absolute Gasteiger partial charge is 0.507 e. The highest BCUT2D eigenvalue weighted by Crippen LogP contribution is 2.31. The van der Waals surface area contributed by atoms with Crippen LogP contribution in [-0.4, -0.2) is 10.9 Å². The van der Waals surface area contributed by atoms with Gasteiger partial charge in [0, 0.05) is 11.1 Å². The number of phenolic OH excluding ortho intramolecular Hbond substituents is 1. The van der Waals surface area contributed by atoms with Crippen molar-refractivity contribution < 1.29 is 9.90 Å². The van der Waals surface area contributed by atoms with Gasteiger partial charge in [0.25, 0.3) is 0 Å². The molecule has 2 nitrogen and oxygen atoms in total. The minimum absolute atomic E-state index is 0.0527. The Bertz CT molecular complexity index is 522. The molecule has 17 heavy (non-hydrogen) atoms. The fraction of sp³-hybridized carbons (Fsp3) is 0.200. The summed E-state index contributed by atoms with van der Waals surface area (Å²) in [5, 5.41) is 9.84. The zero-order valence-electron chi connectivity index (χ0n) is 10.0. The Morgan fingerprint density at radius 1 is 1.29 bits per heavy atom. The molecule has 0 aliphatic heterocycles. The molecule has 87 valence electrons. The molecule has 1 aromatic carbocycles. The number of hydrogen-bond acceptors (Lipinski definition) is 2. The maximum absolute atomic E-state index is 11.8. The lowest BCUT2D eigenvalue weighted by Crippen LogP contribution is -2.06. The molecule has 0 spiro atoms. The number of carbonyl (C=O) groups is 1. The summed E-state index contributed by atoms with van der Waals surface area (Å²) in [4.78, 5) is 11.8. The zero-order valence-corrected chi connectivity index (χ0v) is 10.0. The van der Waals surface area contributed by atoms with E-state index < -0.39 is 0 Å². The third-order valence-corrected chi connectivity index (χ3v) is 2.89. The summed E-state index contributed by atoms with van der Waals surface area (Å²) in [6.45, 7) is 3.98. The molecule has 1 N–H and O–H groups in total. The van der Waals surface area contributed by atoms with Crippen LogP contribution in [0, 0.1) is 13.3 Å². The lowest BCUT2D eigenvalue weighted by molar-refractivity contribution is -0.110. The fourth-order valence-electron chi connectivity index (χ4n) is 1.87. The van der Waals surface area contributed by atoms with Crippen molar-refractivity contribution in [2.45, 2.75) is 20.3 Å². The van der Waals surface area contributed by atoms with Crippen LogP contribution in [0.2, 0.25) is 0 Å². The third kappa shape index (κ3) is 2.31. The summed E-state index contributed by atoms with van der Waals surface area (Å²) in [5.41, 5.74) is 3.32. The molecular weight excluding hydrogens is 212 g/mol. The maximum atomic E-state index is 11.8. The fourth-order valence-corrected chi connectivity index (χ4v) is 1.87. The normalized spacial score (nSPS) is 15.5. The smallest absolute Gasteiger partial charge is 0.171 e. The molecule has 2 heteroatoms. The quantitative estimate of drug-likeness (QED) is 0.842. The van der Waals surface area contributed by atoms with E-state index in [1.807, 2.05) is 38.1 Å². The van der Waals surface area contributed by atoms with Gasteiger partial charge in [-0.15, -0.1) is 0 Å². The van der Waals surface area contributed by atoms with Gasteiger partial charge in [-0.05, 0) is 31.6 Å². The van der Waals surface area contributed by atoms with Gasteiger partial charge in [-0.2, -0.15) is 0 Å². The molecule has 0 unspecified atom stereocenters. The van der Waals surface area contributed by atoms with Crippen molar-refractivity contribution >= 4 is 11.4 Å². The van der Waals surface area contributed by atoms with Gasteiger partial charge in [0.15, 0.2) is 5.78 Å². The first-order chi connectivity index (χ1) is 8.11. The second-order valence-corrected chi connectivity index (χ2v) is 4.20. The summed E-state index contributed by atoms with van der Waals surface area (Å²) >= 11 is 0. The van der Waals surface area contributed by atoms with Crippen molar-refractivity contribution in [2.75, 3.05) is 0 Å². The highest BCUT2D eigenvalue weighted by Gasteiger charge is 2.18. The van der Waals surface area contributed by atoms with Crippen LogP contribution >= 0.6 is 0 Å². The molecule has 0 saturated heterocycles. The Labute approximate surface area is 101 Å². The SMILES string of the molecule is CCC1=C[CH]C(=O)C(c2cc(C)ccc2O)=C1. The average Bonchev–Trinajstić information content (AvgIpc) is 2.33. The molecule has 1 radical (unpaired) electrons. The van der Waals surface area contributed by atoms with E-state index in [4.69, 9.17) is 0 Å². The van der Waals surface area contributed by atoms with E-state index in [0.717, 1.165) is 17.6 Å². The van der Waals surface area contributed by atoms with Crippen molar-refractivity contribution in [1.29, 1.82) is 0 Å². The Balaban J connectivity index is 2.51. The molecule has 0 bridgehead atoms. The van der Waals surface area contributed by atoms with Gasteiger partial charge in [-0.1, -0.05) is 30.2 Å². The number of Topliss-reactive ketones (excluding diaryl/α,β-unsaturated/α-hetero) is 1. The maximum Gasteiger partial charge on any atom is 0.171 e. The van der Waals surface area contributed by atoms with Crippen LogP contribution in [0.1, 0.15) is 24.5 Å². The van der Waals surface area contributed by atoms with Gasteiger partial charge in [0.2, 0.25) is 0 Å². The lowest BCUT2D eigenvalue weighted by Gasteiger charge is -2.13. The third-order valence-electron chi connectivity index (χ3n) is 2.89. The first-order valence-corrected chi connectivity index (χ1v) is 5.71. The van der Waals surface area contributed by atoms with E-state index in [1.54, 1.807) is 12.5 Å². The van der Waals surface area contributed by atoms with Gasteiger partial charge in [0.1, 0.15) is 5.75 Å². The Morgan fingerprint density at radius 2 is 2.06 bits per heavy atom. The van der Waals surface area contributed by atoms with Crippen LogP contribution in [0.15, 0.2) is 35.9 Å². The van der Waals surface area contributed by atoms with E-state index >= 15 is 0 Å². The number of hydrogen-bond donors (Lipinski definition) is 1. The molecule has 0 aromatic heterocycles. The molecule has 2 rings (SSSR count). The van der Waals surface area contributed by atoms with Gasteiger partial charge < -0.3 is 5.11 Å². The first kappa shape index (κ1) is 11.6. The number of rotatable bonds is 2. The summed E-state index contributed by atoms with van der Waals surface area (Å²) < 4.78 is 0. The minimum Gasteiger partial charge on any atom is -0.507 e. The first-order valence-electron chi connectivity index (χ1n) is 5.71.